The van der Waals surface area contributed by atoms with E-state index in [-0.39, 0.29) is 0 Å². The van der Waals surface area contributed by atoms with Crippen molar-refractivity contribution in [3.05, 3.63) is 97.8 Å². The number of benzene rings is 2. The Morgan fingerprint density at radius 2 is 1.71 bits per heavy atom. The Hall–Kier alpha value is -3.99. The van der Waals surface area contributed by atoms with E-state index < -0.39 is 0 Å². The van der Waals surface area contributed by atoms with Crippen molar-refractivity contribution >= 4 is 16.6 Å². The maximum absolute atomic E-state index is 4.58. The molecule has 150 valence electrons. The highest BCUT2D eigenvalue weighted by molar-refractivity contribution is 5.83. The third-order valence-corrected chi connectivity index (χ3v) is 5.78. The summed E-state index contributed by atoms with van der Waals surface area (Å²) < 4.78 is 4.26. The van der Waals surface area contributed by atoms with E-state index in [1.807, 2.05) is 54.0 Å². The largest absolute Gasteiger partial charge is 0.328 e. The van der Waals surface area contributed by atoms with Crippen LogP contribution < -0.4 is 10.1 Å². The minimum absolute atomic E-state index is 0.612. The first kappa shape index (κ1) is 17.8. The first-order valence-electron chi connectivity index (χ1n) is 10.6. The summed E-state index contributed by atoms with van der Waals surface area (Å²) in [6, 6.07) is 23.7. The van der Waals surface area contributed by atoms with Gasteiger partial charge in [0.1, 0.15) is 0 Å². The van der Waals surface area contributed by atoms with Crippen LogP contribution in [-0.2, 0) is 0 Å². The molecule has 0 bridgehead atoms. The Balaban J connectivity index is 1.24. The molecule has 31 heavy (non-hydrogen) atoms. The van der Waals surface area contributed by atoms with Crippen LogP contribution >= 0.6 is 0 Å². The molecule has 0 radical (unpaired) electrons. The van der Waals surface area contributed by atoms with Crippen LogP contribution in [0.25, 0.3) is 33.3 Å². The van der Waals surface area contributed by atoms with Crippen molar-refractivity contribution < 1.29 is 4.68 Å². The van der Waals surface area contributed by atoms with Crippen LogP contribution in [0.5, 0.6) is 0 Å². The minimum Gasteiger partial charge on any atom is -0.328 e. The zero-order chi connectivity index (χ0) is 20.6. The number of hydrogen-bond acceptors (Lipinski definition) is 3. The normalized spacial score (nSPS) is 13.4. The molecule has 1 fully saturated rings. The molecule has 5 nitrogen and oxygen atoms in total. The maximum atomic E-state index is 4.58. The van der Waals surface area contributed by atoms with Crippen LogP contribution in [0.1, 0.15) is 18.9 Å². The van der Waals surface area contributed by atoms with Crippen LogP contribution in [0.2, 0.25) is 0 Å². The molecule has 1 aliphatic rings. The summed E-state index contributed by atoms with van der Waals surface area (Å²) in [7, 11) is 0. The molecule has 5 aromatic rings. The van der Waals surface area contributed by atoms with Gasteiger partial charge in [0.15, 0.2) is 12.4 Å². The molecule has 0 amide bonds. The second-order valence-electron chi connectivity index (χ2n) is 8.02. The third kappa shape index (κ3) is 3.55. The lowest BCUT2D eigenvalue weighted by Gasteiger charge is -2.08. The maximum Gasteiger partial charge on any atom is 0.200 e. The van der Waals surface area contributed by atoms with Gasteiger partial charge in [-0.1, -0.05) is 35.0 Å². The van der Waals surface area contributed by atoms with Gasteiger partial charge in [0.2, 0.25) is 0 Å². The van der Waals surface area contributed by atoms with Gasteiger partial charge in [0, 0.05) is 40.9 Å². The third-order valence-electron chi connectivity index (χ3n) is 5.78. The smallest absolute Gasteiger partial charge is 0.200 e. The molecule has 1 aliphatic carbocycles. The Bertz CT molecular complexity index is 1370. The Labute approximate surface area is 180 Å². The highest BCUT2D eigenvalue weighted by atomic mass is 15.4. The molecule has 1 saturated carbocycles. The molecule has 0 unspecified atom stereocenters. The highest BCUT2D eigenvalue weighted by Gasteiger charge is 2.25. The summed E-state index contributed by atoms with van der Waals surface area (Å²) in [6.45, 7) is 0. The second kappa shape index (κ2) is 7.36. The van der Waals surface area contributed by atoms with Gasteiger partial charge in [-0.3, -0.25) is 4.98 Å². The summed E-state index contributed by atoms with van der Waals surface area (Å²) in [6.07, 6.45) is 12.4. The topological polar surface area (TPSA) is 46.6 Å². The average molecular weight is 404 g/mol. The van der Waals surface area contributed by atoms with E-state index in [0.717, 1.165) is 27.7 Å². The number of fused-ring (bicyclic) bond motifs is 1. The molecular weight excluding hydrogens is 382 g/mol. The van der Waals surface area contributed by atoms with E-state index in [9.17, 15) is 0 Å². The van der Waals surface area contributed by atoms with E-state index in [2.05, 4.69) is 68.5 Å². The lowest BCUT2D eigenvalue weighted by Crippen LogP contribution is -2.41. The number of hydrogen-bond donors (Lipinski definition) is 1. The fourth-order valence-corrected chi connectivity index (χ4v) is 3.99. The van der Waals surface area contributed by atoms with Crippen LogP contribution in [0, 0.1) is 0 Å². The van der Waals surface area contributed by atoms with Crippen molar-refractivity contribution in [2.75, 3.05) is 5.43 Å². The van der Waals surface area contributed by atoms with Gasteiger partial charge >= 0.3 is 0 Å². The number of aromatic nitrogens is 4. The Morgan fingerprint density at radius 3 is 2.58 bits per heavy atom. The zero-order valence-electron chi connectivity index (χ0n) is 17.0. The monoisotopic (exact) mass is 404 g/mol. The second-order valence-corrected chi connectivity index (χ2v) is 8.02. The number of pyridine rings is 2. The van der Waals surface area contributed by atoms with Gasteiger partial charge in [-0.15, -0.1) is 0 Å². The number of rotatable bonds is 5. The Morgan fingerprint density at radius 1 is 0.839 bits per heavy atom. The molecular formula is C26H22N5+. The first-order chi connectivity index (χ1) is 15.3. The average Bonchev–Trinajstić information content (AvgIpc) is 3.55. The summed E-state index contributed by atoms with van der Waals surface area (Å²) in [5.41, 5.74) is 10.1. The van der Waals surface area contributed by atoms with Gasteiger partial charge in [-0.2, -0.15) is 5.43 Å². The standard InChI is InChI=1S/C26H22N5/c1-2-7-25-20(4-1)14-22(16-28-25)19-10-12-30(13-11-19)29-23-6-3-5-21(15-23)26-17-27-18-31(26)24-8-9-24/h1-7,10-18,24,29H,8-9H2/q+1. The fourth-order valence-electron chi connectivity index (χ4n) is 3.99. The van der Waals surface area contributed by atoms with Crippen LogP contribution in [0.4, 0.5) is 5.69 Å². The molecule has 0 atom stereocenters. The summed E-state index contributed by atoms with van der Waals surface area (Å²) >= 11 is 0. The van der Waals surface area contributed by atoms with Crippen molar-refractivity contribution in [2.45, 2.75) is 18.9 Å². The van der Waals surface area contributed by atoms with Crippen molar-refractivity contribution in [1.29, 1.82) is 0 Å². The van der Waals surface area contributed by atoms with Crippen molar-refractivity contribution in [3.8, 4) is 22.4 Å². The molecule has 0 aliphatic heterocycles. The lowest BCUT2D eigenvalue weighted by atomic mass is 10.1. The number of para-hydroxylation sites is 1. The highest BCUT2D eigenvalue weighted by Crippen LogP contribution is 2.38. The van der Waals surface area contributed by atoms with Crippen molar-refractivity contribution in [2.24, 2.45) is 0 Å². The molecule has 0 saturated heterocycles. The fraction of sp³-hybridized carbons (Fsp3) is 0.115. The van der Waals surface area contributed by atoms with Gasteiger partial charge in [-0.25, -0.2) is 4.98 Å². The number of nitrogens with zero attached hydrogens (tertiary/aromatic N) is 4. The van der Waals surface area contributed by atoms with E-state index in [1.165, 1.54) is 24.1 Å². The number of imidazole rings is 1. The predicted molar refractivity (Wildman–Crippen MR) is 122 cm³/mol. The minimum atomic E-state index is 0.612. The van der Waals surface area contributed by atoms with Gasteiger partial charge in [-0.05, 0) is 42.7 Å². The SMILES string of the molecule is c1cc(N[n+]2ccc(-c3cnc4ccccc4c3)cc2)cc(-c2cncn2C2CC2)c1. The predicted octanol–water partition coefficient (Wildman–Crippen LogP) is 5.26. The molecule has 0 spiro atoms. The summed E-state index contributed by atoms with van der Waals surface area (Å²) in [5, 5.41) is 1.15. The molecule has 3 aromatic heterocycles. The Kier molecular flexibility index (Phi) is 4.24. The summed E-state index contributed by atoms with van der Waals surface area (Å²) in [5.74, 6) is 0. The lowest BCUT2D eigenvalue weighted by molar-refractivity contribution is -0.642. The quantitative estimate of drug-likeness (QED) is 0.406. The van der Waals surface area contributed by atoms with Crippen LogP contribution in [-0.4, -0.2) is 14.5 Å². The van der Waals surface area contributed by atoms with Gasteiger partial charge in [0.25, 0.3) is 0 Å². The van der Waals surface area contributed by atoms with Gasteiger partial charge in [0.05, 0.1) is 29.4 Å². The van der Waals surface area contributed by atoms with E-state index in [4.69, 9.17) is 0 Å². The molecule has 1 N–H and O–H groups in total. The summed E-state index contributed by atoms with van der Waals surface area (Å²) in [4.78, 5) is 8.94. The molecule has 3 heterocycles. The van der Waals surface area contributed by atoms with E-state index in [1.54, 1.807) is 0 Å². The number of anilines is 1. The van der Waals surface area contributed by atoms with Crippen molar-refractivity contribution in [3.63, 3.8) is 0 Å². The van der Waals surface area contributed by atoms with Crippen LogP contribution in [0.15, 0.2) is 97.8 Å². The van der Waals surface area contributed by atoms with E-state index in [0.29, 0.717) is 6.04 Å². The molecule has 6 rings (SSSR count). The molecule has 5 heteroatoms. The first-order valence-corrected chi connectivity index (χ1v) is 10.6. The van der Waals surface area contributed by atoms with E-state index >= 15 is 0 Å². The zero-order valence-corrected chi connectivity index (χ0v) is 17.0. The number of nitrogens with one attached hydrogen (secondary N) is 1. The molecule has 2 aromatic carbocycles. The van der Waals surface area contributed by atoms with Crippen molar-refractivity contribution in [1.82, 2.24) is 14.5 Å². The van der Waals surface area contributed by atoms with Crippen LogP contribution in [0.3, 0.4) is 0 Å². The van der Waals surface area contributed by atoms with Gasteiger partial charge < -0.3 is 4.57 Å².